The molecule has 20 heavy (non-hydrogen) atoms. The first-order chi connectivity index (χ1) is 9.62. The van der Waals surface area contributed by atoms with Crippen molar-refractivity contribution in [3.63, 3.8) is 0 Å². The summed E-state index contributed by atoms with van der Waals surface area (Å²) in [5.41, 5.74) is -0.568. The molecule has 0 bridgehead atoms. The van der Waals surface area contributed by atoms with Gasteiger partial charge in [0.05, 0.1) is 6.61 Å². The van der Waals surface area contributed by atoms with Crippen molar-refractivity contribution in [2.45, 2.75) is 64.3 Å². The van der Waals surface area contributed by atoms with Crippen LogP contribution >= 0.6 is 0 Å². The van der Waals surface area contributed by atoms with E-state index in [-0.39, 0.29) is 5.97 Å². The number of hydrogen-bond acceptors (Lipinski definition) is 4. The number of carbonyl (C=O) groups excluding carboxylic acids is 1. The second kappa shape index (κ2) is 9.35. The second-order valence-electron chi connectivity index (χ2n) is 5.99. The van der Waals surface area contributed by atoms with Gasteiger partial charge >= 0.3 is 5.97 Å². The Labute approximate surface area is 123 Å². The molecule has 1 rings (SSSR count). The maximum Gasteiger partial charge on any atom is 0.326 e. The maximum atomic E-state index is 11.9. The number of rotatable bonds is 10. The van der Waals surface area contributed by atoms with E-state index in [1.54, 1.807) is 0 Å². The van der Waals surface area contributed by atoms with Gasteiger partial charge in [-0.1, -0.05) is 12.8 Å². The molecule has 0 heterocycles. The average molecular weight is 285 g/mol. The van der Waals surface area contributed by atoms with Gasteiger partial charge in [0.15, 0.2) is 0 Å². The summed E-state index contributed by atoms with van der Waals surface area (Å²) in [6, 6.07) is 0. The molecule has 0 aromatic heterocycles. The zero-order valence-corrected chi connectivity index (χ0v) is 13.4. The van der Waals surface area contributed by atoms with Crippen molar-refractivity contribution < 1.29 is 14.3 Å². The number of nitrogens with one attached hydrogen (secondary N) is 1. The first-order valence-electron chi connectivity index (χ1n) is 8.06. The fraction of sp³-hybridized carbons (Fsp3) is 0.938. The van der Waals surface area contributed by atoms with Gasteiger partial charge in [-0.25, -0.2) is 0 Å². The molecule has 1 atom stereocenters. The van der Waals surface area contributed by atoms with Crippen LogP contribution in [0.2, 0.25) is 0 Å². The summed E-state index contributed by atoms with van der Waals surface area (Å²) in [5.74, 6) is 0.631. The van der Waals surface area contributed by atoms with Crippen LogP contribution in [0.4, 0.5) is 0 Å². The minimum atomic E-state index is -0.568. The van der Waals surface area contributed by atoms with Gasteiger partial charge in [0.1, 0.15) is 5.54 Å². The number of likely N-dealkylation sites (N-methyl/N-ethyl adjacent to an activating group) is 1. The molecule has 118 valence electrons. The van der Waals surface area contributed by atoms with Crippen LogP contribution in [0.5, 0.6) is 0 Å². The van der Waals surface area contributed by atoms with Crippen LogP contribution in [-0.4, -0.2) is 38.4 Å². The molecule has 4 heteroatoms. The first kappa shape index (κ1) is 17.4. The van der Waals surface area contributed by atoms with E-state index in [2.05, 4.69) is 5.32 Å². The summed E-state index contributed by atoms with van der Waals surface area (Å²) >= 11 is 0. The molecule has 1 aliphatic carbocycles. The van der Waals surface area contributed by atoms with Crippen LogP contribution < -0.4 is 5.32 Å². The third-order valence-electron chi connectivity index (χ3n) is 4.32. The minimum Gasteiger partial charge on any atom is -0.465 e. The summed E-state index contributed by atoms with van der Waals surface area (Å²) in [5, 5.41) is 3.08. The van der Waals surface area contributed by atoms with E-state index >= 15 is 0 Å². The summed E-state index contributed by atoms with van der Waals surface area (Å²) in [7, 11) is 1.81. The molecule has 1 fully saturated rings. The van der Waals surface area contributed by atoms with Gasteiger partial charge in [-0.05, 0) is 58.9 Å². The van der Waals surface area contributed by atoms with Crippen molar-refractivity contribution in [1.29, 1.82) is 0 Å². The summed E-state index contributed by atoms with van der Waals surface area (Å²) in [6.07, 6.45) is 8.17. The van der Waals surface area contributed by atoms with Crippen molar-refractivity contribution >= 4 is 5.97 Å². The summed E-state index contributed by atoms with van der Waals surface area (Å²) in [6.45, 7) is 5.90. The fourth-order valence-electron chi connectivity index (χ4n) is 2.73. The molecular weight excluding hydrogens is 254 g/mol. The molecule has 0 aromatic carbocycles. The first-order valence-corrected chi connectivity index (χ1v) is 8.06. The van der Waals surface area contributed by atoms with E-state index in [9.17, 15) is 4.79 Å². The highest BCUT2D eigenvalue weighted by atomic mass is 16.5. The molecular formula is C16H31NO3. The van der Waals surface area contributed by atoms with Crippen LogP contribution in [0.1, 0.15) is 58.8 Å². The molecule has 0 aliphatic heterocycles. The van der Waals surface area contributed by atoms with Gasteiger partial charge in [-0.3, -0.25) is 4.79 Å². The molecule has 0 radical (unpaired) electrons. The lowest BCUT2D eigenvalue weighted by Crippen LogP contribution is -2.48. The van der Waals surface area contributed by atoms with Gasteiger partial charge in [-0.15, -0.1) is 0 Å². The predicted octanol–water partition coefficient (Wildman–Crippen LogP) is 2.90. The highest BCUT2D eigenvalue weighted by Gasteiger charge is 2.32. The largest absolute Gasteiger partial charge is 0.465 e. The maximum absolute atomic E-state index is 11.9. The van der Waals surface area contributed by atoms with Crippen molar-refractivity contribution in [2.75, 3.05) is 26.9 Å². The third-order valence-corrected chi connectivity index (χ3v) is 4.32. The molecule has 0 amide bonds. The Morgan fingerprint density at radius 3 is 2.60 bits per heavy atom. The van der Waals surface area contributed by atoms with Crippen LogP contribution in [-0.2, 0) is 14.3 Å². The standard InChI is InChI=1S/C16H31NO3/c1-4-20-15(18)16(2,17-3)11-7-8-12-19-13-14-9-5-6-10-14/h14,17H,4-13H2,1-3H3. The molecule has 1 aliphatic rings. The molecule has 1 N–H and O–H groups in total. The van der Waals surface area contributed by atoms with Crippen LogP contribution in [0.25, 0.3) is 0 Å². The van der Waals surface area contributed by atoms with Crippen LogP contribution in [0, 0.1) is 5.92 Å². The van der Waals surface area contributed by atoms with E-state index in [0.29, 0.717) is 6.61 Å². The third kappa shape index (κ3) is 5.80. The van der Waals surface area contributed by atoms with Crippen LogP contribution in [0.15, 0.2) is 0 Å². The molecule has 0 aromatic rings. The molecule has 1 saturated carbocycles. The molecule has 0 spiro atoms. The Morgan fingerprint density at radius 2 is 2.00 bits per heavy atom. The predicted molar refractivity (Wildman–Crippen MR) is 80.7 cm³/mol. The summed E-state index contributed by atoms with van der Waals surface area (Å²) in [4.78, 5) is 11.9. The molecule has 0 saturated heterocycles. The number of esters is 1. The van der Waals surface area contributed by atoms with E-state index in [4.69, 9.17) is 9.47 Å². The highest BCUT2D eigenvalue weighted by molar-refractivity contribution is 5.80. The Hall–Kier alpha value is -0.610. The zero-order chi connectivity index (χ0) is 14.8. The zero-order valence-electron chi connectivity index (χ0n) is 13.4. The van der Waals surface area contributed by atoms with Gasteiger partial charge in [0, 0.05) is 13.2 Å². The fourth-order valence-corrected chi connectivity index (χ4v) is 2.73. The van der Waals surface area contributed by atoms with E-state index in [1.807, 2.05) is 20.9 Å². The number of unbranched alkanes of at least 4 members (excludes halogenated alkanes) is 1. The van der Waals surface area contributed by atoms with Gasteiger partial charge < -0.3 is 14.8 Å². The Kier molecular flexibility index (Phi) is 8.15. The molecule has 1 unspecified atom stereocenters. The van der Waals surface area contributed by atoms with E-state index in [1.165, 1.54) is 25.7 Å². The Bertz CT molecular complexity index is 277. The average Bonchev–Trinajstić information content (AvgIpc) is 2.95. The quantitative estimate of drug-likeness (QED) is 0.495. The van der Waals surface area contributed by atoms with Gasteiger partial charge in [0.2, 0.25) is 0 Å². The van der Waals surface area contributed by atoms with Crippen molar-refractivity contribution in [3.05, 3.63) is 0 Å². The minimum absolute atomic E-state index is 0.158. The molecule has 4 nitrogen and oxygen atoms in total. The Balaban J connectivity index is 2.09. The van der Waals surface area contributed by atoms with Gasteiger partial charge in [0.25, 0.3) is 0 Å². The monoisotopic (exact) mass is 285 g/mol. The van der Waals surface area contributed by atoms with Crippen LogP contribution in [0.3, 0.4) is 0 Å². The number of ether oxygens (including phenoxy) is 2. The van der Waals surface area contributed by atoms with E-state index in [0.717, 1.165) is 38.4 Å². The summed E-state index contributed by atoms with van der Waals surface area (Å²) < 4.78 is 10.8. The van der Waals surface area contributed by atoms with Crippen molar-refractivity contribution in [1.82, 2.24) is 5.32 Å². The lowest BCUT2D eigenvalue weighted by molar-refractivity contribution is -0.150. The number of hydrogen-bond donors (Lipinski definition) is 1. The lowest BCUT2D eigenvalue weighted by atomic mass is 9.95. The second-order valence-corrected chi connectivity index (χ2v) is 5.99. The van der Waals surface area contributed by atoms with Crippen molar-refractivity contribution in [2.24, 2.45) is 5.92 Å². The Morgan fingerprint density at radius 1 is 1.30 bits per heavy atom. The SMILES string of the molecule is CCOC(=O)C(C)(CCCCOCC1CCCC1)NC. The van der Waals surface area contributed by atoms with E-state index < -0.39 is 5.54 Å². The number of carbonyl (C=O) groups is 1. The topological polar surface area (TPSA) is 47.6 Å². The smallest absolute Gasteiger partial charge is 0.326 e. The highest BCUT2D eigenvalue weighted by Crippen LogP contribution is 2.24. The van der Waals surface area contributed by atoms with Gasteiger partial charge in [-0.2, -0.15) is 0 Å². The lowest BCUT2D eigenvalue weighted by Gasteiger charge is -2.26. The normalized spacial score (nSPS) is 18.9. The van der Waals surface area contributed by atoms with Crippen molar-refractivity contribution in [3.8, 4) is 0 Å².